The van der Waals surface area contributed by atoms with Gasteiger partial charge in [0.05, 0.1) is 42.5 Å². The number of fused-ring (bicyclic) bond motifs is 2. The number of piperazine rings is 1. The van der Waals surface area contributed by atoms with Crippen molar-refractivity contribution in [2.45, 2.75) is 44.9 Å². The molecule has 7 rings (SSSR count). The van der Waals surface area contributed by atoms with Gasteiger partial charge in [0.2, 0.25) is 5.91 Å². The van der Waals surface area contributed by atoms with Gasteiger partial charge >= 0.3 is 6.18 Å². The largest absolute Gasteiger partial charge is 0.455 e. The Hall–Kier alpha value is -4.26. The second-order valence-electron chi connectivity index (χ2n) is 12.9. The van der Waals surface area contributed by atoms with E-state index in [1.165, 1.54) is 0 Å². The van der Waals surface area contributed by atoms with Crippen molar-refractivity contribution >= 4 is 22.5 Å². The Morgan fingerprint density at radius 2 is 1.94 bits per heavy atom. The Morgan fingerprint density at radius 3 is 2.69 bits per heavy atom. The van der Waals surface area contributed by atoms with E-state index in [2.05, 4.69) is 14.9 Å². The number of rotatable bonds is 8. The van der Waals surface area contributed by atoms with Gasteiger partial charge in [0, 0.05) is 63.6 Å². The van der Waals surface area contributed by atoms with Gasteiger partial charge in [0.15, 0.2) is 0 Å². The molecule has 0 spiro atoms. The van der Waals surface area contributed by atoms with Gasteiger partial charge in [0.1, 0.15) is 17.1 Å². The molecular formula is C36H39F3N6O3. The molecule has 1 saturated heterocycles. The summed E-state index contributed by atoms with van der Waals surface area (Å²) in [4.78, 5) is 32.1. The van der Waals surface area contributed by atoms with Crippen LogP contribution < -0.4 is 4.74 Å². The number of H-pyrrole nitrogens is 1. The highest BCUT2D eigenvalue weighted by atomic mass is 19.4. The molecule has 0 bridgehead atoms. The van der Waals surface area contributed by atoms with Crippen molar-refractivity contribution in [3.8, 4) is 11.5 Å². The summed E-state index contributed by atoms with van der Waals surface area (Å²) in [6.45, 7) is 7.25. The molecule has 3 aliphatic heterocycles. The highest BCUT2D eigenvalue weighted by Crippen LogP contribution is 2.37. The Labute approximate surface area is 277 Å². The van der Waals surface area contributed by atoms with Crippen LogP contribution in [0, 0.1) is 0 Å². The number of nitrogens with zero attached hydrogens (tertiary/aromatic N) is 5. The lowest BCUT2D eigenvalue weighted by atomic mass is 9.92. The third-order valence-corrected chi connectivity index (χ3v) is 9.61. The van der Waals surface area contributed by atoms with Crippen LogP contribution in [0.1, 0.15) is 52.9 Å². The van der Waals surface area contributed by atoms with E-state index in [-0.39, 0.29) is 30.4 Å². The van der Waals surface area contributed by atoms with E-state index >= 15 is 0 Å². The Kier molecular flexibility index (Phi) is 8.97. The summed E-state index contributed by atoms with van der Waals surface area (Å²) in [6.07, 6.45) is 1.56. The van der Waals surface area contributed by atoms with Gasteiger partial charge in [0.25, 0.3) is 0 Å². The molecule has 1 N–H and O–H groups in total. The molecule has 0 unspecified atom stereocenters. The predicted molar refractivity (Wildman–Crippen MR) is 176 cm³/mol. The smallest absolute Gasteiger partial charge is 0.416 e. The Balaban J connectivity index is 1.08. The normalized spacial score (nSPS) is 19.1. The number of likely N-dealkylation sites (N-methyl/N-ethyl adjacent to an activating group) is 1. The fraction of sp³-hybridized carbons (Fsp3) is 0.417. The number of ether oxygens (including phenoxy) is 2. The molecule has 252 valence electrons. The minimum absolute atomic E-state index is 0.00483. The standard InChI is InChI=1S/C36H39F3N6O3/c1-3-24-20-45(33(46)15-23-4-5-25(30(14-23)36(37,38)39)19-44-11-9-43(2)10-12-44)21-27-16-28(18-41-34(24)27)48-32-6-8-40-35-29(32)17-31(42-35)26-7-13-47-22-26/h4-8,14,16-18,24H,3,9-13,15,19-22H2,1-2H3,(H,40,42)/t24-/m0/s1. The first-order valence-electron chi connectivity index (χ1n) is 16.4. The monoisotopic (exact) mass is 660 g/mol. The van der Waals surface area contributed by atoms with E-state index in [9.17, 15) is 18.0 Å². The van der Waals surface area contributed by atoms with Crippen molar-refractivity contribution in [3.63, 3.8) is 0 Å². The number of pyridine rings is 2. The summed E-state index contributed by atoms with van der Waals surface area (Å²) in [5.41, 5.74) is 4.42. The van der Waals surface area contributed by atoms with E-state index in [4.69, 9.17) is 14.5 Å². The molecule has 6 heterocycles. The van der Waals surface area contributed by atoms with Crippen molar-refractivity contribution in [2.75, 3.05) is 53.0 Å². The number of alkyl halides is 3. The molecule has 0 saturated carbocycles. The molecule has 1 amide bonds. The van der Waals surface area contributed by atoms with Gasteiger partial charge in [-0.3, -0.25) is 14.7 Å². The molecule has 12 heteroatoms. The van der Waals surface area contributed by atoms with Gasteiger partial charge in [-0.05, 0) is 60.0 Å². The van der Waals surface area contributed by atoms with E-state index < -0.39 is 11.7 Å². The van der Waals surface area contributed by atoms with E-state index in [0.29, 0.717) is 49.0 Å². The maximum atomic E-state index is 14.2. The van der Waals surface area contributed by atoms with Gasteiger partial charge in [-0.1, -0.05) is 25.1 Å². The van der Waals surface area contributed by atoms with Gasteiger partial charge in [-0.2, -0.15) is 13.2 Å². The van der Waals surface area contributed by atoms with E-state index in [0.717, 1.165) is 66.6 Å². The molecule has 1 aromatic carbocycles. The summed E-state index contributed by atoms with van der Waals surface area (Å²) in [5.74, 6) is 0.940. The summed E-state index contributed by atoms with van der Waals surface area (Å²) in [7, 11) is 2.01. The van der Waals surface area contributed by atoms with Crippen molar-refractivity contribution in [1.82, 2.24) is 29.7 Å². The number of carbonyl (C=O) groups excluding carboxylic acids is 1. The van der Waals surface area contributed by atoms with E-state index in [1.807, 2.05) is 37.1 Å². The van der Waals surface area contributed by atoms with Crippen LogP contribution in [0.15, 0.2) is 54.9 Å². The first kappa shape index (κ1) is 32.3. The summed E-state index contributed by atoms with van der Waals surface area (Å²) in [5, 5.41) is 0.828. The second kappa shape index (κ2) is 13.3. The molecule has 3 aromatic heterocycles. The molecule has 1 fully saturated rings. The van der Waals surface area contributed by atoms with Crippen LogP contribution in [0.5, 0.6) is 11.5 Å². The summed E-state index contributed by atoms with van der Waals surface area (Å²) in [6, 6.07) is 10.1. The van der Waals surface area contributed by atoms with Crippen molar-refractivity contribution in [2.24, 2.45) is 0 Å². The molecule has 4 aromatic rings. The van der Waals surface area contributed by atoms with Gasteiger partial charge in [-0.15, -0.1) is 0 Å². The van der Waals surface area contributed by atoms with Crippen molar-refractivity contribution < 1.29 is 27.4 Å². The van der Waals surface area contributed by atoms with Gasteiger partial charge in [-0.25, -0.2) is 4.98 Å². The zero-order valence-electron chi connectivity index (χ0n) is 27.1. The van der Waals surface area contributed by atoms with Crippen LogP contribution >= 0.6 is 0 Å². The molecule has 3 aliphatic rings. The fourth-order valence-electron chi connectivity index (χ4n) is 6.82. The lowest BCUT2D eigenvalue weighted by Crippen LogP contribution is -2.44. The maximum Gasteiger partial charge on any atom is 0.416 e. The number of amides is 1. The molecule has 9 nitrogen and oxygen atoms in total. The number of halogens is 3. The summed E-state index contributed by atoms with van der Waals surface area (Å²) < 4.78 is 54.4. The number of hydrogen-bond donors (Lipinski definition) is 1. The van der Waals surface area contributed by atoms with Gasteiger partial charge < -0.3 is 24.3 Å². The van der Waals surface area contributed by atoms with Crippen LogP contribution in [-0.2, 0) is 35.2 Å². The average molecular weight is 661 g/mol. The van der Waals surface area contributed by atoms with Crippen LogP contribution in [0.25, 0.3) is 16.6 Å². The molecule has 0 aliphatic carbocycles. The van der Waals surface area contributed by atoms with Crippen LogP contribution in [0.3, 0.4) is 0 Å². The number of hydrogen-bond acceptors (Lipinski definition) is 7. The number of nitrogens with one attached hydrogen (secondary N) is 1. The topological polar surface area (TPSA) is 86.8 Å². The third-order valence-electron chi connectivity index (χ3n) is 9.61. The highest BCUT2D eigenvalue weighted by molar-refractivity contribution is 5.87. The lowest BCUT2D eigenvalue weighted by molar-refractivity contribution is -0.138. The number of benzene rings is 1. The van der Waals surface area contributed by atoms with Crippen LogP contribution in [0.4, 0.5) is 13.2 Å². The fourth-order valence-corrected chi connectivity index (χ4v) is 6.82. The first-order valence-corrected chi connectivity index (χ1v) is 16.4. The van der Waals surface area contributed by atoms with Crippen molar-refractivity contribution in [3.05, 3.63) is 88.5 Å². The molecule has 0 radical (unpaired) electrons. The Morgan fingerprint density at radius 1 is 1.10 bits per heavy atom. The number of aromatic amines is 1. The minimum Gasteiger partial charge on any atom is -0.455 e. The third kappa shape index (κ3) is 6.83. The second-order valence-corrected chi connectivity index (χ2v) is 12.9. The van der Waals surface area contributed by atoms with E-state index in [1.54, 1.807) is 35.5 Å². The molecule has 1 atom stereocenters. The number of carbonyl (C=O) groups is 1. The van der Waals surface area contributed by atoms with Crippen molar-refractivity contribution in [1.29, 1.82) is 0 Å². The lowest BCUT2D eigenvalue weighted by Gasteiger charge is -2.34. The summed E-state index contributed by atoms with van der Waals surface area (Å²) >= 11 is 0. The minimum atomic E-state index is -4.51. The SMILES string of the molecule is CC[C@H]1CN(C(=O)Cc2ccc(CN3CCN(C)CC3)c(C(F)(F)F)c2)Cc2cc(Oc3ccnc4[nH]c(C5=CCOC5)cc34)cnc21. The van der Waals surface area contributed by atoms with Crippen LogP contribution in [0.2, 0.25) is 0 Å². The zero-order valence-corrected chi connectivity index (χ0v) is 27.1. The maximum absolute atomic E-state index is 14.2. The van der Waals surface area contributed by atoms with Crippen LogP contribution in [-0.4, -0.2) is 88.5 Å². The highest BCUT2D eigenvalue weighted by Gasteiger charge is 2.35. The predicted octanol–water partition coefficient (Wildman–Crippen LogP) is 6.01. The zero-order chi connectivity index (χ0) is 33.4. The molecular weight excluding hydrogens is 621 g/mol. The average Bonchev–Trinajstić information content (AvgIpc) is 3.77. The quantitative estimate of drug-likeness (QED) is 0.248. The first-order chi connectivity index (χ1) is 23.1. The Bertz CT molecular complexity index is 1850. The molecule has 48 heavy (non-hydrogen) atoms. The number of aromatic nitrogens is 3.